The van der Waals surface area contributed by atoms with Crippen LogP contribution in [-0.4, -0.2) is 29.7 Å². The number of nitrogens with one attached hydrogen (secondary N) is 2. The first-order valence-corrected chi connectivity index (χ1v) is 7.24. The number of rotatable bonds is 4. The molecule has 0 spiro atoms. The van der Waals surface area contributed by atoms with Crippen molar-refractivity contribution in [2.75, 3.05) is 17.6 Å². The second kappa shape index (κ2) is 6.61. The first-order chi connectivity index (χ1) is 9.61. The molecule has 0 heterocycles. The molecule has 1 aliphatic carbocycles. The molecular formula is C15H23N3O2. The summed E-state index contributed by atoms with van der Waals surface area (Å²) in [6, 6.07) is 5.27. The van der Waals surface area contributed by atoms with Crippen LogP contribution in [0.1, 0.15) is 43.0 Å². The Kier molecular flexibility index (Phi) is 4.84. The molecule has 0 aliphatic heterocycles. The Hall–Kier alpha value is -1.75. The lowest BCUT2D eigenvalue weighted by molar-refractivity contribution is 0.0955. The van der Waals surface area contributed by atoms with Crippen LogP contribution in [-0.2, 0) is 0 Å². The summed E-state index contributed by atoms with van der Waals surface area (Å²) in [5.41, 5.74) is 7.86. The molecule has 110 valence electrons. The highest BCUT2D eigenvalue weighted by Gasteiger charge is 2.23. The number of hydrogen-bond acceptors (Lipinski definition) is 4. The van der Waals surface area contributed by atoms with Crippen molar-refractivity contribution in [2.24, 2.45) is 0 Å². The largest absolute Gasteiger partial charge is 0.397 e. The zero-order valence-electron chi connectivity index (χ0n) is 11.9. The van der Waals surface area contributed by atoms with Gasteiger partial charge in [0.2, 0.25) is 0 Å². The standard InChI is InChI=1S/C15H23N3O2/c1-2-17-15(20)10-7-8-12(11(16)9-10)18-13-5-3-4-6-14(13)19/h7-9,13-14,18-19H,2-6,16H2,1H3,(H,17,20). The van der Waals surface area contributed by atoms with Gasteiger partial charge in [0.25, 0.3) is 5.91 Å². The van der Waals surface area contributed by atoms with E-state index in [9.17, 15) is 9.90 Å². The zero-order chi connectivity index (χ0) is 14.5. The zero-order valence-corrected chi connectivity index (χ0v) is 11.9. The minimum Gasteiger partial charge on any atom is -0.397 e. The summed E-state index contributed by atoms with van der Waals surface area (Å²) in [5.74, 6) is -0.122. The molecule has 1 fully saturated rings. The first-order valence-electron chi connectivity index (χ1n) is 7.24. The highest BCUT2D eigenvalue weighted by Crippen LogP contribution is 2.26. The summed E-state index contributed by atoms with van der Waals surface area (Å²) in [4.78, 5) is 11.7. The van der Waals surface area contributed by atoms with Crippen molar-refractivity contribution in [1.82, 2.24) is 5.32 Å². The number of amides is 1. The Morgan fingerprint density at radius 1 is 1.40 bits per heavy atom. The van der Waals surface area contributed by atoms with Crippen LogP contribution in [0.2, 0.25) is 0 Å². The van der Waals surface area contributed by atoms with E-state index in [4.69, 9.17) is 5.73 Å². The highest BCUT2D eigenvalue weighted by molar-refractivity contribution is 5.96. The molecule has 2 atom stereocenters. The normalized spacial score (nSPS) is 22.3. The van der Waals surface area contributed by atoms with Gasteiger partial charge in [-0.15, -0.1) is 0 Å². The molecule has 2 rings (SSSR count). The first kappa shape index (κ1) is 14.7. The van der Waals surface area contributed by atoms with E-state index in [1.165, 1.54) is 0 Å². The smallest absolute Gasteiger partial charge is 0.251 e. The summed E-state index contributed by atoms with van der Waals surface area (Å²) >= 11 is 0. The van der Waals surface area contributed by atoms with Crippen LogP contribution < -0.4 is 16.4 Å². The van der Waals surface area contributed by atoms with Crippen LogP contribution in [0.4, 0.5) is 11.4 Å². The van der Waals surface area contributed by atoms with Crippen LogP contribution in [0, 0.1) is 0 Å². The molecule has 20 heavy (non-hydrogen) atoms. The number of aliphatic hydroxyl groups excluding tert-OH is 1. The van der Waals surface area contributed by atoms with Gasteiger partial charge in [0.05, 0.1) is 23.5 Å². The van der Waals surface area contributed by atoms with E-state index in [0.29, 0.717) is 17.8 Å². The molecule has 2 unspecified atom stereocenters. The molecule has 0 saturated heterocycles. The van der Waals surface area contributed by atoms with E-state index >= 15 is 0 Å². The lowest BCUT2D eigenvalue weighted by atomic mass is 9.92. The molecule has 0 bridgehead atoms. The molecule has 1 saturated carbocycles. The van der Waals surface area contributed by atoms with Gasteiger partial charge in [0, 0.05) is 12.1 Å². The molecule has 5 heteroatoms. The predicted molar refractivity (Wildman–Crippen MR) is 80.7 cm³/mol. The SMILES string of the molecule is CCNC(=O)c1ccc(NC2CCCCC2O)c(N)c1. The van der Waals surface area contributed by atoms with Crippen LogP contribution >= 0.6 is 0 Å². The quantitative estimate of drug-likeness (QED) is 0.631. The maximum atomic E-state index is 11.7. The van der Waals surface area contributed by atoms with E-state index in [2.05, 4.69) is 10.6 Å². The maximum Gasteiger partial charge on any atom is 0.251 e. The summed E-state index contributed by atoms with van der Waals surface area (Å²) in [6.07, 6.45) is 3.63. The Labute approximate surface area is 119 Å². The molecular weight excluding hydrogens is 254 g/mol. The minimum absolute atomic E-state index is 0.0429. The van der Waals surface area contributed by atoms with Crippen LogP contribution in [0.25, 0.3) is 0 Å². The van der Waals surface area contributed by atoms with Crippen molar-refractivity contribution in [3.63, 3.8) is 0 Å². The molecule has 1 aromatic rings. The van der Waals surface area contributed by atoms with Gasteiger partial charge < -0.3 is 21.5 Å². The van der Waals surface area contributed by atoms with Crippen molar-refractivity contribution < 1.29 is 9.90 Å². The lowest BCUT2D eigenvalue weighted by Gasteiger charge is -2.29. The summed E-state index contributed by atoms with van der Waals surface area (Å²) in [5, 5.41) is 16.0. The van der Waals surface area contributed by atoms with Crippen LogP contribution in [0.3, 0.4) is 0 Å². The lowest BCUT2D eigenvalue weighted by Crippen LogP contribution is -2.36. The van der Waals surface area contributed by atoms with Crippen molar-refractivity contribution in [1.29, 1.82) is 0 Å². The Morgan fingerprint density at radius 2 is 2.15 bits per heavy atom. The van der Waals surface area contributed by atoms with Crippen LogP contribution in [0.5, 0.6) is 0 Å². The van der Waals surface area contributed by atoms with Crippen molar-refractivity contribution in [3.8, 4) is 0 Å². The predicted octanol–water partition coefficient (Wildman–Crippen LogP) is 1.73. The number of aliphatic hydroxyl groups is 1. The minimum atomic E-state index is -0.328. The van der Waals surface area contributed by atoms with E-state index in [1.54, 1.807) is 18.2 Å². The third-order valence-corrected chi connectivity index (χ3v) is 3.72. The fourth-order valence-electron chi connectivity index (χ4n) is 2.58. The van der Waals surface area contributed by atoms with Crippen LogP contribution in [0.15, 0.2) is 18.2 Å². The van der Waals surface area contributed by atoms with Gasteiger partial charge in [-0.1, -0.05) is 12.8 Å². The van der Waals surface area contributed by atoms with Gasteiger partial charge in [-0.05, 0) is 38.0 Å². The Balaban J connectivity index is 2.07. The second-order valence-corrected chi connectivity index (χ2v) is 5.26. The van der Waals surface area contributed by atoms with Gasteiger partial charge in [0.15, 0.2) is 0 Å². The average Bonchev–Trinajstić information content (AvgIpc) is 2.43. The highest BCUT2D eigenvalue weighted by atomic mass is 16.3. The van der Waals surface area contributed by atoms with E-state index in [-0.39, 0.29) is 18.1 Å². The molecule has 0 radical (unpaired) electrons. The molecule has 1 aromatic carbocycles. The number of nitrogen functional groups attached to an aromatic ring is 1. The maximum absolute atomic E-state index is 11.7. The summed E-state index contributed by atoms with van der Waals surface area (Å²) in [7, 11) is 0. The molecule has 1 aliphatic rings. The van der Waals surface area contributed by atoms with E-state index in [1.807, 2.05) is 6.92 Å². The molecule has 5 N–H and O–H groups in total. The van der Waals surface area contributed by atoms with Crippen molar-refractivity contribution in [3.05, 3.63) is 23.8 Å². The number of carbonyl (C=O) groups excluding carboxylic acids is 1. The van der Waals surface area contributed by atoms with Gasteiger partial charge in [-0.3, -0.25) is 4.79 Å². The summed E-state index contributed by atoms with van der Waals surface area (Å²) in [6.45, 7) is 2.47. The molecule has 0 aromatic heterocycles. The van der Waals surface area contributed by atoms with Gasteiger partial charge >= 0.3 is 0 Å². The average molecular weight is 277 g/mol. The van der Waals surface area contributed by atoms with Gasteiger partial charge in [0.1, 0.15) is 0 Å². The Bertz CT molecular complexity index is 476. The number of nitrogens with two attached hydrogens (primary N) is 1. The number of hydrogen-bond donors (Lipinski definition) is 4. The van der Waals surface area contributed by atoms with E-state index < -0.39 is 0 Å². The Morgan fingerprint density at radius 3 is 2.80 bits per heavy atom. The van der Waals surface area contributed by atoms with Gasteiger partial charge in [-0.2, -0.15) is 0 Å². The third kappa shape index (κ3) is 3.42. The molecule has 5 nitrogen and oxygen atoms in total. The van der Waals surface area contributed by atoms with E-state index in [0.717, 1.165) is 31.4 Å². The monoisotopic (exact) mass is 277 g/mol. The fraction of sp³-hybridized carbons (Fsp3) is 0.533. The fourth-order valence-corrected chi connectivity index (χ4v) is 2.58. The number of carbonyl (C=O) groups is 1. The van der Waals surface area contributed by atoms with Crippen molar-refractivity contribution in [2.45, 2.75) is 44.8 Å². The third-order valence-electron chi connectivity index (χ3n) is 3.72. The second-order valence-electron chi connectivity index (χ2n) is 5.26. The number of benzene rings is 1. The topological polar surface area (TPSA) is 87.4 Å². The number of anilines is 2. The molecule has 1 amide bonds. The van der Waals surface area contributed by atoms with Gasteiger partial charge in [-0.25, -0.2) is 0 Å². The summed E-state index contributed by atoms with van der Waals surface area (Å²) < 4.78 is 0. The van der Waals surface area contributed by atoms with Crippen molar-refractivity contribution >= 4 is 17.3 Å².